The number of hydrogen-bond donors (Lipinski definition) is 0. The van der Waals surface area contributed by atoms with Crippen LogP contribution >= 0.6 is 0 Å². The van der Waals surface area contributed by atoms with Crippen LogP contribution in [0.15, 0.2) is 36.5 Å². The minimum Gasteiger partial charge on any atom is -0.346 e. The molecule has 0 N–H and O–H groups in total. The average Bonchev–Trinajstić information content (AvgIpc) is 2.76. The van der Waals surface area contributed by atoms with Crippen molar-refractivity contribution in [2.45, 2.75) is 26.2 Å². The van der Waals surface area contributed by atoms with Crippen LogP contribution in [-0.4, -0.2) is 14.5 Å². The first-order valence-electron chi connectivity index (χ1n) is 6.69. The lowest BCUT2D eigenvalue weighted by Crippen LogP contribution is -2.31. The summed E-state index contributed by atoms with van der Waals surface area (Å²) in [5, 5.41) is 0. The van der Waals surface area contributed by atoms with Gasteiger partial charge in [0.25, 0.3) is 0 Å². The normalized spacial score (nSPS) is 12.0. The molecular weight excluding hydrogens is 248 g/mol. The van der Waals surface area contributed by atoms with E-state index in [9.17, 15) is 0 Å². The summed E-state index contributed by atoms with van der Waals surface area (Å²) in [6.07, 6.45) is 5.15. The van der Waals surface area contributed by atoms with Crippen molar-refractivity contribution in [3.63, 3.8) is 0 Å². The van der Waals surface area contributed by atoms with Crippen LogP contribution in [0.4, 0.5) is 0 Å². The summed E-state index contributed by atoms with van der Waals surface area (Å²) in [7, 11) is 1.96. The van der Waals surface area contributed by atoms with Crippen LogP contribution in [-0.2, 0) is 12.5 Å². The molecule has 2 heterocycles. The third kappa shape index (κ3) is 2.07. The van der Waals surface area contributed by atoms with Gasteiger partial charge in [-0.1, -0.05) is 51.1 Å². The number of fused-ring (bicyclic) bond motifs is 1. The number of rotatable bonds is 1. The Balaban J connectivity index is 2.28. The molecule has 0 aliphatic heterocycles. The molecule has 20 heavy (non-hydrogen) atoms. The summed E-state index contributed by atoms with van der Waals surface area (Å²) in [4.78, 5) is 9.22. The van der Waals surface area contributed by atoms with Crippen molar-refractivity contribution in [3.05, 3.63) is 48.7 Å². The summed E-state index contributed by atoms with van der Waals surface area (Å²) in [6, 6.07) is 10.1. The fourth-order valence-corrected chi connectivity index (χ4v) is 2.14. The van der Waals surface area contributed by atoms with E-state index in [1.165, 1.54) is 0 Å². The predicted octanol–water partition coefficient (Wildman–Crippen LogP) is 2.34. The second kappa shape index (κ2) is 4.40. The van der Waals surface area contributed by atoms with Crippen molar-refractivity contribution >= 4 is 11.2 Å². The summed E-state index contributed by atoms with van der Waals surface area (Å²) >= 11 is 0. The SMILES string of the molecule is Cn1[c-][n+](-c2ccccc2)c2nc(C(C)(C)C)ncc21. The molecule has 0 amide bonds. The monoisotopic (exact) mass is 266 g/mol. The molecule has 4 heteroatoms. The minimum absolute atomic E-state index is 0.0709. The topological polar surface area (TPSA) is 34.6 Å². The Hall–Kier alpha value is -2.23. The molecule has 0 atom stereocenters. The molecule has 0 saturated carbocycles. The Bertz CT molecular complexity index is 751. The lowest BCUT2D eigenvalue weighted by molar-refractivity contribution is -0.575. The highest BCUT2D eigenvalue weighted by atomic mass is 15.2. The molecule has 0 unspecified atom stereocenters. The Morgan fingerprint density at radius 2 is 1.85 bits per heavy atom. The van der Waals surface area contributed by atoms with E-state index >= 15 is 0 Å². The van der Waals surface area contributed by atoms with Gasteiger partial charge in [-0.25, -0.2) is 4.98 Å². The van der Waals surface area contributed by atoms with E-state index < -0.39 is 0 Å². The van der Waals surface area contributed by atoms with Gasteiger partial charge >= 0.3 is 0 Å². The molecule has 0 saturated heterocycles. The van der Waals surface area contributed by atoms with Crippen LogP contribution in [0.5, 0.6) is 0 Å². The summed E-state index contributed by atoms with van der Waals surface area (Å²) in [5.74, 6) is 0.842. The van der Waals surface area contributed by atoms with E-state index in [-0.39, 0.29) is 5.41 Å². The molecule has 0 aliphatic rings. The van der Waals surface area contributed by atoms with Crippen molar-refractivity contribution < 1.29 is 4.57 Å². The van der Waals surface area contributed by atoms with Crippen LogP contribution in [0.3, 0.4) is 0 Å². The molecule has 0 aliphatic carbocycles. The fraction of sp³-hybridized carbons (Fsp3) is 0.312. The molecule has 0 spiro atoms. The quantitative estimate of drug-likeness (QED) is 0.500. The lowest BCUT2D eigenvalue weighted by Gasteiger charge is -2.14. The molecule has 2 aromatic heterocycles. The van der Waals surface area contributed by atoms with Gasteiger partial charge in [-0.05, 0) is 0 Å². The first-order valence-corrected chi connectivity index (χ1v) is 6.69. The van der Waals surface area contributed by atoms with Gasteiger partial charge in [0.05, 0.1) is 5.52 Å². The second-order valence-electron chi connectivity index (χ2n) is 5.98. The van der Waals surface area contributed by atoms with E-state index in [1.54, 1.807) is 0 Å². The van der Waals surface area contributed by atoms with Gasteiger partial charge < -0.3 is 9.13 Å². The highest BCUT2D eigenvalue weighted by Gasteiger charge is 2.21. The molecule has 3 aromatic rings. The van der Waals surface area contributed by atoms with Gasteiger partial charge in [0, 0.05) is 24.3 Å². The number of nitrogens with zero attached hydrogens (tertiary/aromatic N) is 4. The zero-order chi connectivity index (χ0) is 14.3. The third-order valence-corrected chi connectivity index (χ3v) is 3.26. The maximum absolute atomic E-state index is 4.74. The number of imidazole rings is 1. The number of aryl methyl sites for hydroxylation is 1. The van der Waals surface area contributed by atoms with Gasteiger partial charge in [0.1, 0.15) is 0 Å². The van der Waals surface area contributed by atoms with E-state index in [4.69, 9.17) is 4.98 Å². The number of para-hydroxylation sites is 1. The van der Waals surface area contributed by atoms with Gasteiger partial charge in [-0.15, -0.1) is 4.98 Å². The predicted molar refractivity (Wildman–Crippen MR) is 77.6 cm³/mol. The number of hydrogen-bond acceptors (Lipinski definition) is 2. The maximum Gasteiger partial charge on any atom is 0.197 e. The third-order valence-electron chi connectivity index (χ3n) is 3.26. The zero-order valence-corrected chi connectivity index (χ0v) is 12.3. The highest BCUT2D eigenvalue weighted by molar-refractivity contribution is 5.66. The van der Waals surface area contributed by atoms with E-state index in [2.05, 4.69) is 44.2 Å². The van der Waals surface area contributed by atoms with E-state index in [0.29, 0.717) is 0 Å². The molecule has 3 rings (SSSR count). The molecule has 0 bridgehead atoms. The van der Waals surface area contributed by atoms with Crippen LogP contribution in [0.2, 0.25) is 0 Å². The minimum atomic E-state index is -0.0709. The Morgan fingerprint density at radius 1 is 1.15 bits per heavy atom. The van der Waals surface area contributed by atoms with Crippen molar-refractivity contribution in [2.75, 3.05) is 0 Å². The summed E-state index contributed by atoms with van der Waals surface area (Å²) in [5.41, 5.74) is 2.84. The van der Waals surface area contributed by atoms with E-state index in [0.717, 1.165) is 22.7 Å². The first-order chi connectivity index (χ1) is 9.47. The van der Waals surface area contributed by atoms with Crippen molar-refractivity contribution in [3.8, 4) is 5.69 Å². The molecule has 0 fully saturated rings. The summed E-state index contributed by atoms with van der Waals surface area (Å²) < 4.78 is 3.90. The van der Waals surface area contributed by atoms with E-state index in [1.807, 2.05) is 40.6 Å². The van der Waals surface area contributed by atoms with Crippen molar-refractivity contribution in [1.29, 1.82) is 0 Å². The van der Waals surface area contributed by atoms with Crippen LogP contribution in [0.1, 0.15) is 26.6 Å². The molecule has 1 aromatic carbocycles. The molecule has 102 valence electrons. The maximum atomic E-state index is 4.74. The molecular formula is C16H18N4. The zero-order valence-electron chi connectivity index (χ0n) is 12.3. The van der Waals surface area contributed by atoms with Crippen LogP contribution in [0, 0.1) is 6.33 Å². The van der Waals surface area contributed by atoms with Gasteiger partial charge in [-0.2, -0.15) is 0 Å². The standard InChI is InChI=1S/C16H18N4/c1-16(2,3)15-17-10-13-14(18-15)20(11-19(13)4)12-8-6-5-7-9-12/h5-10H,1-4H3. The van der Waals surface area contributed by atoms with Crippen LogP contribution < -0.4 is 4.57 Å². The Kier molecular flexibility index (Phi) is 2.82. The smallest absolute Gasteiger partial charge is 0.197 e. The van der Waals surface area contributed by atoms with Crippen molar-refractivity contribution in [2.24, 2.45) is 7.05 Å². The van der Waals surface area contributed by atoms with Gasteiger partial charge in [0.15, 0.2) is 17.8 Å². The molecule has 0 radical (unpaired) electrons. The first kappa shape index (κ1) is 12.8. The van der Waals surface area contributed by atoms with Gasteiger partial charge in [0.2, 0.25) is 0 Å². The Labute approximate surface area is 118 Å². The largest absolute Gasteiger partial charge is 0.346 e. The summed E-state index contributed by atoms with van der Waals surface area (Å²) in [6.45, 7) is 6.36. The average molecular weight is 266 g/mol. The lowest BCUT2D eigenvalue weighted by atomic mass is 9.96. The molecule has 4 nitrogen and oxygen atoms in total. The highest BCUT2D eigenvalue weighted by Crippen LogP contribution is 2.19. The van der Waals surface area contributed by atoms with Gasteiger partial charge in [-0.3, -0.25) is 0 Å². The Morgan fingerprint density at radius 3 is 2.50 bits per heavy atom. The fourth-order valence-electron chi connectivity index (χ4n) is 2.14. The second-order valence-corrected chi connectivity index (χ2v) is 5.98. The van der Waals surface area contributed by atoms with Crippen molar-refractivity contribution in [1.82, 2.24) is 14.5 Å². The number of aromatic nitrogens is 4. The van der Waals surface area contributed by atoms with Crippen LogP contribution in [0.25, 0.3) is 16.9 Å². The number of benzene rings is 1.